The van der Waals surface area contributed by atoms with Crippen molar-refractivity contribution in [2.75, 3.05) is 24.5 Å². The number of hydrogen-bond donors (Lipinski definition) is 1. The first kappa shape index (κ1) is 13.4. The summed E-state index contributed by atoms with van der Waals surface area (Å²) in [5, 5.41) is 3.60. The lowest BCUT2D eigenvalue weighted by molar-refractivity contribution is 0.567. The van der Waals surface area contributed by atoms with Crippen LogP contribution in [-0.4, -0.2) is 30.7 Å². The van der Waals surface area contributed by atoms with Gasteiger partial charge in [-0.25, -0.2) is 4.98 Å². The molecule has 2 fully saturated rings. The predicted molar refractivity (Wildman–Crippen MR) is 82.6 cm³/mol. The molecule has 104 valence electrons. The van der Waals surface area contributed by atoms with E-state index in [2.05, 4.69) is 44.1 Å². The second kappa shape index (κ2) is 5.80. The second-order valence-corrected chi connectivity index (χ2v) is 6.79. The maximum Gasteiger partial charge on any atom is 0.128 e. The van der Waals surface area contributed by atoms with E-state index in [1.165, 1.54) is 44.3 Å². The number of rotatable bonds is 5. The number of aryl methyl sites for hydroxylation is 1. The van der Waals surface area contributed by atoms with Crippen LogP contribution in [0.25, 0.3) is 0 Å². The number of hydrogen-bond acceptors (Lipinski definition) is 3. The van der Waals surface area contributed by atoms with E-state index in [0.717, 1.165) is 22.8 Å². The summed E-state index contributed by atoms with van der Waals surface area (Å²) in [6, 6.07) is 2.85. The van der Waals surface area contributed by atoms with Crippen molar-refractivity contribution < 1.29 is 0 Å². The third-order valence-electron chi connectivity index (χ3n) is 4.14. The molecular weight excluding hydrogens is 302 g/mol. The summed E-state index contributed by atoms with van der Waals surface area (Å²) >= 11 is 3.54. The summed E-state index contributed by atoms with van der Waals surface area (Å²) < 4.78 is 1.10. The van der Waals surface area contributed by atoms with Crippen LogP contribution in [0.15, 0.2) is 16.7 Å². The normalized spacial score (nSPS) is 22.7. The van der Waals surface area contributed by atoms with Crippen molar-refractivity contribution >= 4 is 21.7 Å². The van der Waals surface area contributed by atoms with E-state index in [4.69, 9.17) is 0 Å². The van der Waals surface area contributed by atoms with Gasteiger partial charge in [0.2, 0.25) is 0 Å². The van der Waals surface area contributed by atoms with Crippen molar-refractivity contribution in [1.29, 1.82) is 0 Å². The smallest absolute Gasteiger partial charge is 0.128 e. The van der Waals surface area contributed by atoms with Gasteiger partial charge in [-0.3, -0.25) is 0 Å². The van der Waals surface area contributed by atoms with Crippen molar-refractivity contribution in [3.05, 3.63) is 22.3 Å². The molecule has 1 aliphatic carbocycles. The molecule has 4 heteroatoms. The SMILES string of the molecule is Cc1cc(N(CC2CC2)CC2CCCN2)ncc1Br. The first-order valence-electron chi connectivity index (χ1n) is 7.33. The molecule has 2 heterocycles. The summed E-state index contributed by atoms with van der Waals surface area (Å²) in [5.74, 6) is 2.04. The minimum atomic E-state index is 0.643. The van der Waals surface area contributed by atoms with Crippen molar-refractivity contribution in [2.45, 2.75) is 38.6 Å². The molecule has 0 aromatic carbocycles. The average Bonchev–Trinajstić information content (AvgIpc) is 3.06. The van der Waals surface area contributed by atoms with Crippen molar-refractivity contribution in [1.82, 2.24) is 10.3 Å². The lowest BCUT2D eigenvalue weighted by atomic mass is 10.2. The Morgan fingerprint density at radius 2 is 2.21 bits per heavy atom. The van der Waals surface area contributed by atoms with Gasteiger partial charge in [0.05, 0.1) is 0 Å². The van der Waals surface area contributed by atoms with Crippen LogP contribution in [0.5, 0.6) is 0 Å². The zero-order valence-corrected chi connectivity index (χ0v) is 13.1. The molecule has 19 heavy (non-hydrogen) atoms. The predicted octanol–water partition coefficient (Wildman–Crippen LogP) is 3.12. The van der Waals surface area contributed by atoms with E-state index in [9.17, 15) is 0 Å². The van der Waals surface area contributed by atoms with Gasteiger partial charge in [-0.05, 0) is 72.6 Å². The van der Waals surface area contributed by atoms with Gasteiger partial charge in [0.1, 0.15) is 5.82 Å². The van der Waals surface area contributed by atoms with Crippen LogP contribution < -0.4 is 10.2 Å². The molecular formula is C15H22BrN3. The second-order valence-electron chi connectivity index (χ2n) is 5.93. The number of aromatic nitrogens is 1. The van der Waals surface area contributed by atoms with Gasteiger partial charge in [0, 0.05) is 29.8 Å². The van der Waals surface area contributed by atoms with E-state index < -0.39 is 0 Å². The fourth-order valence-corrected chi connectivity index (χ4v) is 2.97. The van der Waals surface area contributed by atoms with Crippen LogP contribution in [0.2, 0.25) is 0 Å². The summed E-state index contributed by atoms with van der Waals surface area (Å²) in [5.41, 5.74) is 1.27. The Hall–Kier alpha value is -0.610. The van der Waals surface area contributed by atoms with Crippen LogP contribution in [0, 0.1) is 12.8 Å². The van der Waals surface area contributed by atoms with Crippen molar-refractivity contribution in [3.8, 4) is 0 Å². The van der Waals surface area contributed by atoms with E-state index in [-0.39, 0.29) is 0 Å². The van der Waals surface area contributed by atoms with Gasteiger partial charge in [-0.2, -0.15) is 0 Å². The molecule has 1 aromatic heterocycles. The molecule has 1 atom stereocenters. The lowest BCUT2D eigenvalue weighted by Gasteiger charge is -2.27. The Bertz CT molecular complexity index is 439. The standard InChI is InChI=1S/C15H22BrN3/c1-11-7-15(18-8-14(11)16)19(9-12-4-5-12)10-13-3-2-6-17-13/h7-8,12-13,17H,2-6,9-10H2,1H3. The van der Waals surface area contributed by atoms with Crippen molar-refractivity contribution in [2.24, 2.45) is 5.92 Å². The highest BCUT2D eigenvalue weighted by atomic mass is 79.9. The molecule has 1 unspecified atom stereocenters. The first-order chi connectivity index (χ1) is 9.22. The van der Waals surface area contributed by atoms with Crippen molar-refractivity contribution in [3.63, 3.8) is 0 Å². The largest absolute Gasteiger partial charge is 0.355 e. The highest BCUT2D eigenvalue weighted by Gasteiger charge is 2.27. The molecule has 0 bridgehead atoms. The topological polar surface area (TPSA) is 28.2 Å². The highest BCUT2D eigenvalue weighted by Crippen LogP contribution is 2.32. The summed E-state index contributed by atoms with van der Waals surface area (Å²) in [7, 11) is 0. The van der Waals surface area contributed by atoms with Crippen LogP contribution in [0.4, 0.5) is 5.82 Å². The van der Waals surface area contributed by atoms with Gasteiger partial charge < -0.3 is 10.2 Å². The molecule has 1 saturated carbocycles. The molecule has 0 amide bonds. The van der Waals surface area contributed by atoms with E-state index in [1.807, 2.05) is 6.20 Å². The molecule has 0 radical (unpaired) electrons. The Morgan fingerprint density at radius 1 is 1.37 bits per heavy atom. The molecule has 1 saturated heterocycles. The molecule has 1 aliphatic heterocycles. The van der Waals surface area contributed by atoms with Crippen LogP contribution >= 0.6 is 15.9 Å². The van der Waals surface area contributed by atoms with E-state index >= 15 is 0 Å². The quantitative estimate of drug-likeness (QED) is 0.902. The average molecular weight is 324 g/mol. The Morgan fingerprint density at radius 3 is 2.84 bits per heavy atom. The fraction of sp³-hybridized carbons (Fsp3) is 0.667. The Labute approximate surface area is 123 Å². The summed E-state index contributed by atoms with van der Waals surface area (Å²) in [6.07, 6.45) is 7.34. The minimum Gasteiger partial charge on any atom is -0.355 e. The zero-order chi connectivity index (χ0) is 13.2. The summed E-state index contributed by atoms with van der Waals surface area (Å²) in [6.45, 7) is 5.59. The van der Waals surface area contributed by atoms with Crippen LogP contribution in [0.1, 0.15) is 31.2 Å². The lowest BCUT2D eigenvalue weighted by Crippen LogP contribution is -2.39. The zero-order valence-electron chi connectivity index (χ0n) is 11.5. The molecule has 2 aliphatic rings. The molecule has 1 aromatic rings. The van der Waals surface area contributed by atoms with Gasteiger partial charge in [0.15, 0.2) is 0 Å². The van der Waals surface area contributed by atoms with Gasteiger partial charge in [-0.15, -0.1) is 0 Å². The van der Waals surface area contributed by atoms with E-state index in [0.29, 0.717) is 6.04 Å². The third kappa shape index (κ3) is 3.48. The number of anilines is 1. The first-order valence-corrected chi connectivity index (χ1v) is 8.12. The Kier molecular flexibility index (Phi) is 4.08. The number of pyridine rings is 1. The Balaban J connectivity index is 1.73. The van der Waals surface area contributed by atoms with Crippen LogP contribution in [0.3, 0.4) is 0 Å². The molecule has 3 nitrogen and oxygen atoms in total. The van der Waals surface area contributed by atoms with Gasteiger partial charge >= 0.3 is 0 Å². The number of nitrogens with zero attached hydrogens (tertiary/aromatic N) is 2. The van der Waals surface area contributed by atoms with Gasteiger partial charge in [0.25, 0.3) is 0 Å². The fourth-order valence-electron chi connectivity index (χ4n) is 2.75. The monoisotopic (exact) mass is 323 g/mol. The highest BCUT2D eigenvalue weighted by molar-refractivity contribution is 9.10. The van der Waals surface area contributed by atoms with E-state index in [1.54, 1.807) is 0 Å². The third-order valence-corrected chi connectivity index (χ3v) is 4.97. The number of halogens is 1. The maximum absolute atomic E-state index is 4.61. The van der Waals surface area contributed by atoms with Gasteiger partial charge in [-0.1, -0.05) is 0 Å². The number of nitrogens with one attached hydrogen (secondary N) is 1. The molecule has 3 rings (SSSR count). The van der Waals surface area contributed by atoms with Crippen LogP contribution in [-0.2, 0) is 0 Å². The molecule has 1 N–H and O–H groups in total. The molecule has 0 spiro atoms. The maximum atomic E-state index is 4.61. The summed E-state index contributed by atoms with van der Waals surface area (Å²) in [4.78, 5) is 7.10. The minimum absolute atomic E-state index is 0.643.